The van der Waals surface area contributed by atoms with Crippen LogP contribution in [0.15, 0.2) is 35.5 Å². The average Bonchev–Trinajstić information content (AvgIpc) is 2.74. The predicted molar refractivity (Wildman–Crippen MR) is 68.3 cm³/mol. The number of carbonyl (C=O) groups is 1. The summed E-state index contributed by atoms with van der Waals surface area (Å²) in [5, 5.41) is 13.3. The van der Waals surface area contributed by atoms with Crippen LogP contribution in [0.4, 0.5) is 0 Å². The molecule has 6 heteroatoms. The zero-order valence-electron chi connectivity index (χ0n) is 9.37. The first-order valence-corrected chi connectivity index (χ1v) is 5.25. The molecule has 6 nitrogen and oxygen atoms in total. The van der Waals surface area contributed by atoms with E-state index in [2.05, 4.69) is 15.0 Å². The van der Waals surface area contributed by atoms with E-state index < -0.39 is 5.97 Å². The zero-order valence-corrected chi connectivity index (χ0v) is 9.37. The Morgan fingerprint density at radius 2 is 2.28 bits per heavy atom. The molecule has 2 rings (SSSR count). The van der Waals surface area contributed by atoms with E-state index in [-0.39, 0.29) is 12.2 Å². The van der Waals surface area contributed by atoms with Gasteiger partial charge in [-0.3, -0.25) is 0 Å². The summed E-state index contributed by atoms with van der Waals surface area (Å²) < 4.78 is 0. The van der Waals surface area contributed by atoms with Crippen molar-refractivity contribution in [2.24, 2.45) is 5.11 Å². The van der Waals surface area contributed by atoms with Crippen molar-refractivity contribution in [3.8, 4) is 0 Å². The summed E-state index contributed by atoms with van der Waals surface area (Å²) in [5.41, 5.74) is 9.65. The second-order valence-electron chi connectivity index (χ2n) is 3.58. The summed E-state index contributed by atoms with van der Waals surface area (Å²) in [6.45, 7) is 0.190. The number of nitrogens with zero attached hydrogens (tertiary/aromatic N) is 3. The Labute approximate surface area is 102 Å². The van der Waals surface area contributed by atoms with Crippen molar-refractivity contribution in [3.63, 3.8) is 0 Å². The molecule has 0 aliphatic rings. The van der Waals surface area contributed by atoms with Crippen molar-refractivity contribution in [2.45, 2.75) is 0 Å². The summed E-state index contributed by atoms with van der Waals surface area (Å²) in [5.74, 6) is -1.02. The molecule has 1 heterocycles. The molecule has 2 aromatic rings. The number of hydrogen-bond acceptors (Lipinski definition) is 2. The van der Waals surface area contributed by atoms with Crippen LogP contribution in [-0.4, -0.2) is 22.6 Å². The first kappa shape index (κ1) is 11.8. The van der Waals surface area contributed by atoms with Gasteiger partial charge in [0.05, 0.1) is 0 Å². The number of para-hydroxylation sites is 1. The maximum absolute atomic E-state index is 11.1. The molecule has 0 unspecified atom stereocenters. The molecule has 0 aliphatic heterocycles. The molecule has 0 amide bonds. The van der Waals surface area contributed by atoms with Crippen LogP contribution in [0.3, 0.4) is 0 Å². The molecule has 0 aliphatic carbocycles. The highest BCUT2D eigenvalue weighted by molar-refractivity contribution is 6.01. The highest BCUT2D eigenvalue weighted by Gasteiger charge is 2.13. The molecule has 18 heavy (non-hydrogen) atoms. The highest BCUT2D eigenvalue weighted by Crippen LogP contribution is 2.23. The maximum Gasteiger partial charge on any atom is 0.352 e. The van der Waals surface area contributed by atoms with Crippen LogP contribution in [-0.2, 0) is 0 Å². The average molecular weight is 242 g/mol. The van der Waals surface area contributed by atoms with Crippen molar-refractivity contribution in [1.82, 2.24) is 4.98 Å². The number of H-pyrrole nitrogens is 1. The fourth-order valence-electron chi connectivity index (χ4n) is 1.76. The summed E-state index contributed by atoms with van der Waals surface area (Å²) in [7, 11) is 0. The van der Waals surface area contributed by atoms with Gasteiger partial charge in [0.25, 0.3) is 0 Å². The zero-order chi connectivity index (χ0) is 13.0. The monoisotopic (exact) mass is 242 g/mol. The molecule has 0 atom stereocenters. The molecule has 1 aromatic carbocycles. The minimum Gasteiger partial charge on any atom is -0.477 e. The van der Waals surface area contributed by atoms with E-state index in [0.717, 1.165) is 10.9 Å². The number of benzene rings is 1. The van der Waals surface area contributed by atoms with E-state index in [4.69, 9.17) is 10.6 Å². The molecule has 2 N–H and O–H groups in total. The number of hydrogen-bond donors (Lipinski definition) is 2. The Bertz CT molecular complexity index is 666. The molecule has 1 aromatic heterocycles. The van der Waals surface area contributed by atoms with Gasteiger partial charge in [-0.2, -0.15) is 0 Å². The number of fused-ring (bicyclic) bond motifs is 1. The van der Waals surface area contributed by atoms with E-state index in [1.54, 1.807) is 12.2 Å². The third kappa shape index (κ3) is 2.18. The minimum atomic E-state index is -1.02. The van der Waals surface area contributed by atoms with Crippen molar-refractivity contribution in [3.05, 3.63) is 52.0 Å². The van der Waals surface area contributed by atoms with E-state index in [0.29, 0.717) is 5.56 Å². The number of nitrogens with one attached hydrogen (secondary N) is 1. The Morgan fingerprint density at radius 3 is 3.00 bits per heavy atom. The summed E-state index contributed by atoms with van der Waals surface area (Å²) >= 11 is 0. The first-order valence-electron chi connectivity index (χ1n) is 5.25. The van der Waals surface area contributed by atoms with Crippen LogP contribution in [0.1, 0.15) is 16.1 Å². The Morgan fingerprint density at radius 1 is 1.50 bits per heavy atom. The van der Waals surface area contributed by atoms with Gasteiger partial charge in [-0.15, -0.1) is 0 Å². The lowest BCUT2D eigenvalue weighted by molar-refractivity contribution is 0.0691. The lowest BCUT2D eigenvalue weighted by Crippen LogP contribution is -1.98. The Balaban J connectivity index is 2.51. The molecule has 0 spiro atoms. The van der Waals surface area contributed by atoms with Gasteiger partial charge in [0.1, 0.15) is 5.69 Å². The standard InChI is InChI=1S/C12H10N4O2/c13-16-14-7-3-5-9-8-4-1-2-6-10(8)15-11(9)12(17)18/h1-6,15H,7H2,(H,17,18). The van der Waals surface area contributed by atoms with Crippen LogP contribution < -0.4 is 0 Å². The number of rotatable bonds is 4. The second-order valence-corrected chi connectivity index (χ2v) is 3.58. The summed E-state index contributed by atoms with van der Waals surface area (Å²) in [6.07, 6.45) is 3.28. The number of azide groups is 1. The lowest BCUT2D eigenvalue weighted by Gasteiger charge is -1.93. The lowest BCUT2D eigenvalue weighted by atomic mass is 10.1. The third-order valence-corrected chi connectivity index (χ3v) is 2.49. The normalized spacial score (nSPS) is 10.7. The van der Waals surface area contributed by atoms with Crippen LogP contribution >= 0.6 is 0 Å². The van der Waals surface area contributed by atoms with Crippen molar-refractivity contribution in [1.29, 1.82) is 0 Å². The molecule has 0 fully saturated rings. The molecular formula is C12H10N4O2. The highest BCUT2D eigenvalue weighted by atomic mass is 16.4. The van der Waals surface area contributed by atoms with Crippen LogP contribution in [0.5, 0.6) is 0 Å². The topological polar surface area (TPSA) is 102 Å². The van der Waals surface area contributed by atoms with E-state index in [1.807, 2.05) is 24.3 Å². The van der Waals surface area contributed by atoms with Gasteiger partial charge in [-0.1, -0.05) is 35.5 Å². The maximum atomic E-state index is 11.1. The van der Waals surface area contributed by atoms with Gasteiger partial charge in [0, 0.05) is 27.9 Å². The van der Waals surface area contributed by atoms with Crippen molar-refractivity contribution in [2.75, 3.05) is 6.54 Å². The van der Waals surface area contributed by atoms with Gasteiger partial charge in [-0.25, -0.2) is 4.79 Å². The van der Waals surface area contributed by atoms with E-state index in [1.165, 1.54) is 0 Å². The molecular weight excluding hydrogens is 232 g/mol. The number of aromatic amines is 1. The van der Waals surface area contributed by atoms with Crippen LogP contribution in [0.2, 0.25) is 0 Å². The Hall–Kier alpha value is -2.72. The fraction of sp³-hybridized carbons (Fsp3) is 0.0833. The quantitative estimate of drug-likeness (QED) is 0.488. The number of aromatic nitrogens is 1. The van der Waals surface area contributed by atoms with E-state index in [9.17, 15) is 4.79 Å². The van der Waals surface area contributed by atoms with Gasteiger partial charge in [0.15, 0.2) is 0 Å². The smallest absolute Gasteiger partial charge is 0.352 e. The van der Waals surface area contributed by atoms with Gasteiger partial charge >= 0.3 is 5.97 Å². The van der Waals surface area contributed by atoms with Crippen LogP contribution in [0, 0.1) is 0 Å². The number of carboxylic acid groups (broad SMARTS) is 1. The minimum absolute atomic E-state index is 0.133. The van der Waals surface area contributed by atoms with Crippen molar-refractivity contribution < 1.29 is 9.90 Å². The second kappa shape index (κ2) is 5.07. The molecule has 0 saturated heterocycles. The van der Waals surface area contributed by atoms with Crippen molar-refractivity contribution >= 4 is 22.9 Å². The SMILES string of the molecule is [N-]=[N+]=NCC=Cc1c(C(=O)O)[nH]c2ccccc12. The molecule has 90 valence electrons. The number of carboxylic acids is 1. The molecule has 0 saturated carbocycles. The number of aromatic carboxylic acids is 1. The summed E-state index contributed by atoms with van der Waals surface area (Å²) in [4.78, 5) is 16.6. The van der Waals surface area contributed by atoms with Gasteiger partial charge < -0.3 is 10.1 Å². The largest absolute Gasteiger partial charge is 0.477 e. The first-order chi connectivity index (χ1) is 8.74. The van der Waals surface area contributed by atoms with Gasteiger partial charge in [-0.05, 0) is 11.6 Å². The van der Waals surface area contributed by atoms with Crippen LogP contribution in [0.25, 0.3) is 27.4 Å². The predicted octanol–water partition coefficient (Wildman–Crippen LogP) is 3.19. The van der Waals surface area contributed by atoms with E-state index >= 15 is 0 Å². The Kier molecular flexibility index (Phi) is 3.31. The molecule has 0 bridgehead atoms. The third-order valence-electron chi connectivity index (χ3n) is 2.49. The summed E-state index contributed by atoms with van der Waals surface area (Å²) in [6, 6.07) is 7.32. The van der Waals surface area contributed by atoms with Gasteiger partial charge in [0.2, 0.25) is 0 Å². The molecule has 0 radical (unpaired) electrons. The fourth-order valence-corrected chi connectivity index (χ4v) is 1.76.